The molecular formula is C26H21FIN5S. The van der Waals surface area contributed by atoms with Gasteiger partial charge in [0.05, 0.1) is 0 Å². The number of nitrogens with zero attached hydrogens (tertiary/aromatic N) is 5. The second-order valence-corrected chi connectivity index (χ2v) is 9.81. The molecule has 0 aliphatic carbocycles. The Bertz CT molecular complexity index is 1500. The van der Waals surface area contributed by atoms with Crippen LogP contribution < -0.4 is 0 Å². The largest absolute Gasteiger partial charge is 0.298 e. The van der Waals surface area contributed by atoms with Gasteiger partial charge < -0.3 is 0 Å². The van der Waals surface area contributed by atoms with Crippen molar-refractivity contribution < 1.29 is 4.39 Å². The van der Waals surface area contributed by atoms with E-state index in [9.17, 15) is 0 Å². The average Bonchev–Trinajstić information content (AvgIpc) is 3.22. The Labute approximate surface area is 213 Å². The number of halogens is 2. The van der Waals surface area contributed by atoms with Crippen LogP contribution in [0.5, 0.6) is 0 Å². The van der Waals surface area contributed by atoms with Gasteiger partial charge in [0, 0.05) is 96.3 Å². The molecule has 0 unspecified atom stereocenters. The molecule has 5 rings (SSSR count). The third kappa shape index (κ3) is 4.33. The predicted molar refractivity (Wildman–Crippen MR) is 147 cm³/mol. The van der Waals surface area contributed by atoms with Crippen molar-refractivity contribution in [3.8, 4) is 22.3 Å². The topological polar surface area (TPSA) is 46.8 Å². The summed E-state index contributed by atoms with van der Waals surface area (Å²) in [4.78, 5) is 15.5. The Morgan fingerprint density at radius 3 is 2.74 bits per heavy atom. The zero-order valence-electron chi connectivity index (χ0n) is 18.4. The normalized spacial score (nSPS) is 11.5. The van der Waals surface area contributed by atoms with Crippen molar-refractivity contribution in [2.24, 2.45) is 0 Å². The molecule has 0 N–H and O–H groups in total. The molecule has 0 saturated heterocycles. The minimum Gasteiger partial charge on any atom is -0.298 e. The van der Waals surface area contributed by atoms with Crippen LogP contribution in [0.1, 0.15) is 5.56 Å². The number of rotatable bonds is 7. The lowest BCUT2D eigenvalue weighted by molar-refractivity contribution is 0.363. The van der Waals surface area contributed by atoms with Gasteiger partial charge in [-0.05, 0) is 54.1 Å². The zero-order chi connectivity index (χ0) is 23.7. The molecule has 0 bridgehead atoms. The maximum absolute atomic E-state index is 15.3. The van der Waals surface area contributed by atoms with Crippen LogP contribution >= 0.6 is 30.3 Å². The Hall–Kier alpha value is -2.82. The Morgan fingerprint density at radius 1 is 1.09 bits per heavy atom. The first-order valence-corrected chi connectivity index (χ1v) is 14.0. The molecule has 4 aromatic heterocycles. The molecule has 4 heterocycles. The number of fused-ring (bicyclic) bond motifs is 2. The Balaban J connectivity index is 1.70. The lowest BCUT2D eigenvalue weighted by Crippen LogP contribution is -2.17. The van der Waals surface area contributed by atoms with E-state index in [0.717, 1.165) is 57.3 Å². The molecule has 0 saturated carbocycles. The minimum absolute atomic E-state index is 0.349. The summed E-state index contributed by atoms with van der Waals surface area (Å²) in [6, 6.07) is 11.5. The summed E-state index contributed by atoms with van der Waals surface area (Å²) in [6.07, 6.45) is 11.0. The average molecular weight is 581 g/mol. The van der Waals surface area contributed by atoms with Crippen LogP contribution in [-0.2, 0) is 6.54 Å². The van der Waals surface area contributed by atoms with Gasteiger partial charge >= 0.3 is 0 Å². The fourth-order valence-corrected chi connectivity index (χ4v) is 5.49. The van der Waals surface area contributed by atoms with Crippen LogP contribution in [0, 0.1) is 5.82 Å². The van der Waals surface area contributed by atoms with E-state index in [2.05, 4.69) is 48.7 Å². The molecule has 0 aliphatic heterocycles. The van der Waals surface area contributed by atoms with Gasteiger partial charge in [-0.15, -0.1) is 6.58 Å². The second kappa shape index (κ2) is 9.81. The first-order chi connectivity index (χ1) is 16.6. The van der Waals surface area contributed by atoms with Crippen molar-refractivity contribution in [3.05, 3.63) is 91.4 Å². The van der Waals surface area contributed by atoms with Crippen molar-refractivity contribution in [1.82, 2.24) is 23.8 Å². The highest BCUT2D eigenvalue weighted by Crippen LogP contribution is 2.38. The lowest BCUT2D eigenvalue weighted by atomic mass is 9.97. The van der Waals surface area contributed by atoms with Gasteiger partial charge in [-0.25, -0.2) is 9.37 Å². The third-order valence-electron chi connectivity index (χ3n) is 5.72. The van der Waals surface area contributed by atoms with E-state index in [0.29, 0.717) is 5.52 Å². The van der Waals surface area contributed by atoms with E-state index in [-0.39, 0.29) is 5.82 Å². The van der Waals surface area contributed by atoms with Crippen molar-refractivity contribution in [2.45, 2.75) is 6.54 Å². The van der Waals surface area contributed by atoms with Crippen LogP contribution in [-0.4, -0.2) is 37.4 Å². The second-order valence-electron chi connectivity index (χ2n) is 8.09. The molecule has 8 heteroatoms. The van der Waals surface area contributed by atoms with Crippen molar-refractivity contribution in [1.29, 1.82) is 0 Å². The number of likely N-dealkylation sites (N-methyl/N-ethyl adjacent to an activating group) is 1. The van der Waals surface area contributed by atoms with E-state index >= 15 is 4.39 Å². The van der Waals surface area contributed by atoms with Crippen molar-refractivity contribution >= 4 is 52.3 Å². The molecule has 0 fully saturated rings. The first kappa shape index (κ1) is 22.9. The zero-order valence-corrected chi connectivity index (χ0v) is 21.4. The van der Waals surface area contributed by atoms with Gasteiger partial charge in [-0.3, -0.25) is 18.8 Å². The van der Waals surface area contributed by atoms with Crippen LogP contribution in [0.25, 0.3) is 44.2 Å². The predicted octanol–water partition coefficient (Wildman–Crippen LogP) is 6.92. The highest BCUT2D eigenvalue weighted by atomic mass is 127. The maximum atomic E-state index is 15.3. The third-order valence-corrected chi connectivity index (χ3v) is 7.42. The molecule has 0 aliphatic rings. The number of hydrogen-bond acceptors (Lipinski definition) is 5. The van der Waals surface area contributed by atoms with Crippen molar-refractivity contribution in [3.63, 3.8) is 0 Å². The number of benzene rings is 1. The standard InChI is InChI=1S/C26H21FIN5S/c1-3-9-32(2)15-17-10-22-23(16-33(34-28)26(22)31-13-17)19-11-21-20(18-5-4-7-29-14-18)6-8-30-25(21)24(27)12-19/h3-8,10-14,16H,1,9,15H2,2H3. The molecule has 5 aromatic rings. The van der Waals surface area contributed by atoms with Gasteiger partial charge in [0.15, 0.2) is 5.65 Å². The molecular weight excluding hydrogens is 560 g/mol. The van der Waals surface area contributed by atoms with Gasteiger partial charge in [0.1, 0.15) is 11.3 Å². The molecule has 34 heavy (non-hydrogen) atoms. The summed E-state index contributed by atoms with van der Waals surface area (Å²) in [5.74, 6) is -0.351. The van der Waals surface area contributed by atoms with Crippen LogP contribution in [0.15, 0.2) is 80.0 Å². The molecule has 0 amide bonds. The van der Waals surface area contributed by atoms with Crippen LogP contribution in [0.4, 0.5) is 4.39 Å². The number of aromatic nitrogens is 4. The molecule has 5 nitrogen and oxygen atoms in total. The lowest BCUT2D eigenvalue weighted by Gasteiger charge is -2.14. The van der Waals surface area contributed by atoms with Crippen LogP contribution in [0.2, 0.25) is 0 Å². The van der Waals surface area contributed by atoms with Gasteiger partial charge in [-0.1, -0.05) is 12.1 Å². The molecule has 0 radical (unpaired) electrons. The summed E-state index contributed by atoms with van der Waals surface area (Å²) in [5.41, 5.74) is 5.83. The Morgan fingerprint density at radius 2 is 1.97 bits per heavy atom. The monoisotopic (exact) mass is 581 g/mol. The van der Waals surface area contributed by atoms with E-state index in [4.69, 9.17) is 4.98 Å². The number of hydrogen-bond donors (Lipinski definition) is 0. The maximum Gasteiger partial charge on any atom is 0.151 e. The first-order valence-electron chi connectivity index (χ1n) is 10.7. The molecule has 1 aromatic carbocycles. The summed E-state index contributed by atoms with van der Waals surface area (Å²) in [6.45, 7) is 5.35. The van der Waals surface area contributed by atoms with Gasteiger partial charge in [0.2, 0.25) is 0 Å². The Kier molecular flexibility index (Phi) is 6.62. The van der Waals surface area contributed by atoms with Gasteiger partial charge in [-0.2, -0.15) is 0 Å². The highest BCUT2D eigenvalue weighted by Gasteiger charge is 2.17. The van der Waals surface area contributed by atoms with E-state index in [1.807, 2.05) is 53.8 Å². The number of pyridine rings is 3. The smallest absolute Gasteiger partial charge is 0.151 e. The summed E-state index contributed by atoms with van der Waals surface area (Å²) in [7, 11) is 3.58. The van der Waals surface area contributed by atoms with Gasteiger partial charge in [0.25, 0.3) is 0 Å². The highest BCUT2D eigenvalue weighted by molar-refractivity contribution is 14.2. The van der Waals surface area contributed by atoms with E-state index < -0.39 is 0 Å². The van der Waals surface area contributed by atoms with Crippen LogP contribution in [0.3, 0.4) is 0 Å². The summed E-state index contributed by atoms with van der Waals surface area (Å²) >= 11 is 2.24. The SMILES string of the molecule is C=CCN(C)Cc1cnc2c(c1)c(-c1cc(F)c3nccc(-c4cccnc4)c3c1)cn2SI. The molecule has 0 spiro atoms. The fraction of sp³-hybridized carbons (Fsp3) is 0.115. The fourth-order valence-electron chi connectivity index (χ4n) is 4.23. The summed E-state index contributed by atoms with van der Waals surface area (Å²) in [5, 5.41) is 1.74. The van der Waals surface area contributed by atoms with Crippen molar-refractivity contribution in [2.75, 3.05) is 13.6 Å². The summed E-state index contributed by atoms with van der Waals surface area (Å²) < 4.78 is 17.3. The van der Waals surface area contributed by atoms with E-state index in [1.165, 1.54) is 9.12 Å². The quantitative estimate of drug-likeness (QED) is 0.154. The minimum atomic E-state index is -0.351. The molecule has 0 atom stereocenters. The van der Waals surface area contributed by atoms with E-state index in [1.54, 1.807) is 24.7 Å². The molecule has 170 valence electrons.